The first-order valence-corrected chi connectivity index (χ1v) is 2.86. The van der Waals surface area contributed by atoms with Crippen LogP contribution in [0.25, 0.3) is 0 Å². The molecule has 0 rings (SSSR count). The monoisotopic (exact) mass is 130 g/mol. The molecule has 0 heterocycles. The zero-order valence-electron chi connectivity index (χ0n) is 6.42. The van der Waals surface area contributed by atoms with E-state index in [9.17, 15) is 0 Å². The van der Waals surface area contributed by atoms with Crippen LogP contribution in [0.15, 0.2) is 15.4 Å². The van der Waals surface area contributed by atoms with E-state index in [2.05, 4.69) is 15.4 Å². The molecule has 0 aliphatic heterocycles. The Morgan fingerprint density at radius 2 is 1.78 bits per heavy atom. The second-order valence-electron chi connectivity index (χ2n) is 1.03. The summed E-state index contributed by atoms with van der Waals surface area (Å²) in [6.07, 6.45) is 0. The van der Waals surface area contributed by atoms with Gasteiger partial charge in [0.05, 0.1) is 7.05 Å². The van der Waals surface area contributed by atoms with E-state index in [0.29, 0.717) is 5.84 Å². The number of rotatable bonds is 1. The molecule has 0 spiro atoms. The lowest BCUT2D eigenvalue weighted by atomic mass is 10.7. The van der Waals surface area contributed by atoms with Gasteiger partial charge in [0.2, 0.25) is 0 Å². The maximum atomic E-state index is 5.07. The van der Waals surface area contributed by atoms with E-state index in [-0.39, 0.29) is 0 Å². The Labute approximate surface area is 55.9 Å². The van der Waals surface area contributed by atoms with Crippen LogP contribution in [-0.2, 0) is 0 Å². The minimum Gasteiger partial charge on any atom is -0.386 e. The van der Waals surface area contributed by atoms with Crippen LogP contribution < -0.4 is 5.73 Å². The second kappa shape index (κ2) is 10.1. The van der Waals surface area contributed by atoms with Gasteiger partial charge in [0.15, 0.2) is 0 Å². The molecule has 0 aromatic heterocycles. The van der Waals surface area contributed by atoms with Crippen molar-refractivity contribution in [2.75, 3.05) is 7.05 Å². The van der Waals surface area contributed by atoms with E-state index in [4.69, 9.17) is 5.73 Å². The highest BCUT2D eigenvalue weighted by molar-refractivity contribution is 5.77. The highest BCUT2D eigenvalue weighted by Gasteiger charge is 1.68. The molecule has 0 radical (unpaired) electrons. The maximum absolute atomic E-state index is 5.07. The van der Waals surface area contributed by atoms with E-state index in [0.717, 1.165) is 0 Å². The molecule has 54 valence electrons. The minimum absolute atomic E-state index is 0.422. The van der Waals surface area contributed by atoms with Gasteiger partial charge >= 0.3 is 0 Å². The average molecular weight is 130 g/mol. The Morgan fingerprint density at radius 3 is 1.89 bits per heavy atom. The van der Waals surface area contributed by atoms with Crippen LogP contribution in [0.3, 0.4) is 0 Å². The van der Waals surface area contributed by atoms with Crippen LogP contribution in [0.2, 0.25) is 0 Å². The van der Waals surface area contributed by atoms with Gasteiger partial charge in [-0.2, -0.15) is 5.11 Å². The van der Waals surface area contributed by atoms with Crippen molar-refractivity contribution in [1.82, 2.24) is 0 Å². The predicted molar refractivity (Wildman–Crippen MR) is 39.4 cm³/mol. The van der Waals surface area contributed by atoms with Crippen molar-refractivity contribution in [3.05, 3.63) is 0 Å². The molecule has 9 heavy (non-hydrogen) atoms. The summed E-state index contributed by atoms with van der Waals surface area (Å²) < 4.78 is 0. The van der Waals surface area contributed by atoms with Crippen molar-refractivity contribution in [2.45, 2.75) is 20.8 Å². The zero-order chi connectivity index (χ0) is 7.70. The summed E-state index contributed by atoms with van der Waals surface area (Å²) in [6.45, 7) is 5.65. The third-order valence-electron chi connectivity index (χ3n) is 0.292. The topological polar surface area (TPSA) is 63.1 Å². The highest BCUT2D eigenvalue weighted by atomic mass is 15.4. The smallest absolute Gasteiger partial charge is 0.121 e. The van der Waals surface area contributed by atoms with Gasteiger partial charge in [0, 0.05) is 0 Å². The molecule has 4 heteroatoms. The lowest BCUT2D eigenvalue weighted by molar-refractivity contribution is 1.01. The largest absolute Gasteiger partial charge is 0.386 e. The molecule has 0 aliphatic carbocycles. The van der Waals surface area contributed by atoms with Gasteiger partial charge in [-0.3, -0.25) is 0 Å². The quantitative estimate of drug-likeness (QED) is 0.248. The molecule has 4 nitrogen and oxygen atoms in total. The van der Waals surface area contributed by atoms with E-state index >= 15 is 0 Å². The molecule has 0 aliphatic rings. The van der Waals surface area contributed by atoms with Gasteiger partial charge in [-0.1, -0.05) is 13.8 Å². The molecule has 0 bridgehead atoms. The van der Waals surface area contributed by atoms with Crippen molar-refractivity contribution < 1.29 is 0 Å². The van der Waals surface area contributed by atoms with Crippen LogP contribution in [-0.4, -0.2) is 12.9 Å². The molecular formula is C5H14N4. The summed E-state index contributed by atoms with van der Waals surface area (Å²) in [4.78, 5) is 0. The fraction of sp³-hybridized carbons (Fsp3) is 0.800. The molecule has 0 amide bonds. The Bertz CT molecular complexity index is 91.1. The van der Waals surface area contributed by atoms with Crippen LogP contribution >= 0.6 is 0 Å². The second-order valence-corrected chi connectivity index (χ2v) is 1.03. The highest BCUT2D eigenvalue weighted by Crippen LogP contribution is 1.70. The Morgan fingerprint density at radius 1 is 1.33 bits per heavy atom. The van der Waals surface area contributed by atoms with Crippen molar-refractivity contribution >= 4 is 5.84 Å². The molecule has 0 fully saturated rings. The molecule has 0 atom stereocenters. The van der Waals surface area contributed by atoms with Crippen molar-refractivity contribution in [3.8, 4) is 0 Å². The summed E-state index contributed by atoms with van der Waals surface area (Å²) in [7, 11) is 1.53. The van der Waals surface area contributed by atoms with E-state index in [1.807, 2.05) is 13.8 Å². The molecule has 0 saturated carbocycles. The van der Waals surface area contributed by atoms with Crippen molar-refractivity contribution in [1.29, 1.82) is 0 Å². The number of nitrogens with two attached hydrogens (primary N) is 1. The Kier molecular flexibility index (Phi) is 12.3. The normalized spacial score (nSPS) is 10.9. The molecule has 0 aromatic rings. The minimum atomic E-state index is 0.422. The number of hydrogen-bond donors (Lipinski definition) is 1. The molecule has 0 aromatic carbocycles. The molecule has 2 N–H and O–H groups in total. The van der Waals surface area contributed by atoms with E-state index < -0.39 is 0 Å². The van der Waals surface area contributed by atoms with E-state index in [1.165, 1.54) is 7.05 Å². The van der Waals surface area contributed by atoms with Gasteiger partial charge in [-0.05, 0) is 12.1 Å². The van der Waals surface area contributed by atoms with Crippen LogP contribution in [0, 0.1) is 0 Å². The SMILES string of the molecule is CC.CN=N/N=C(/C)N. The fourth-order valence-electron chi connectivity index (χ4n) is 0.115. The molecular weight excluding hydrogens is 116 g/mol. The third-order valence-corrected chi connectivity index (χ3v) is 0.292. The van der Waals surface area contributed by atoms with Crippen LogP contribution in [0.5, 0.6) is 0 Å². The lowest BCUT2D eigenvalue weighted by Gasteiger charge is -1.77. The summed E-state index contributed by atoms with van der Waals surface area (Å²) in [6, 6.07) is 0. The number of nitrogens with zero attached hydrogens (tertiary/aromatic N) is 3. The van der Waals surface area contributed by atoms with Gasteiger partial charge in [-0.15, -0.1) is 5.10 Å². The first-order chi connectivity index (χ1) is 4.27. The van der Waals surface area contributed by atoms with Gasteiger partial charge in [-0.25, -0.2) is 0 Å². The summed E-state index contributed by atoms with van der Waals surface area (Å²) in [5.74, 6) is 0.422. The standard InChI is InChI=1S/C3H8N4.C2H6/c1-3(4)6-7-5-2;1-2/h1-2H3,(H2,4,5,6);1-2H3. The molecule has 0 saturated heterocycles. The first kappa shape index (κ1) is 10.9. The third kappa shape index (κ3) is 19.3. The zero-order valence-corrected chi connectivity index (χ0v) is 6.42. The van der Waals surface area contributed by atoms with Gasteiger partial charge < -0.3 is 5.73 Å². The van der Waals surface area contributed by atoms with Gasteiger partial charge in [0.1, 0.15) is 5.84 Å². The molecule has 0 unspecified atom stereocenters. The van der Waals surface area contributed by atoms with Crippen LogP contribution in [0.4, 0.5) is 0 Å². The lowest BCUT2D eigenvalue weighted by Crippen LogP contribution is -2.03. The number of hydrogen-bond acceptors (Lipinski definition) is 2. The first-order valence-electron chi connectivity index (χ1n) is 2.86. The average Bonchev–Trinajstić information content (AvgIpc) is 1.88. The maximum Gasteiger partial charge on any atom is 0.121 e. The van der Waals surface area contributed by atoms with Crippen molar-refractivity contribution in [2.24, 2.45) is 21.2 Å². The Balaban J connectivity index is 0. The summed E-state index contributed by atoms with van der Waals surface area (Å²) in [5, 5.41) is 9.99. The van der Waals surface area contributed by atoms with Crippen LogP contribution in [0.1, 0.15) is 20.8 Å². The summed E-state index contributed by atoms with van der Waals surface area (Å²) >= 11 is 0. The predicted octanol–water partition coefficient (Wildman–Crippen LogP) is 1.39. The number of amidine groups is 1. The van der Waals surface area contributed by atoms with E-state index in [1.54, 1.807) is 6.92 Å². The Hall–Kier alpha value is -0.930. The van der Waals surface area contributed by atoms with Crippen molar-refractivity contribution in [3.63, 3.8) is 0 Å². The van der Waals surface area contributed by atoms with Gasteiger partial charge in [0.25, 0.3) is 0 Å². The summed E-state index contributed by atoms with van der Waals surface area (Å²) in [5.41, 5.74) is 5.07. The fourth-order valence-corrected chi connectivity index (χ4v) is 0.115.